The Bertz CT molecular complexity index is 829. The lowest BCUT2D eigenvalue weighted by Gasteiger charge is -2.25. The number of nitrogens with zero attached hydrogens (tertiary/aromatic N) is 1. The van der Waals surface area contributed by atoms with Gasteiger partial charge in [0, 0.05) is 0 Å². The van der Waals surface area contributed by atoms with E-state index in [9.17, 15) is 13.2 Å². The fourth-order valence-corrected chi connectivity index (χ4v) is 4.01. The first-order valence-corrected chi connectivity index (χ1v) is 8.88. The average molecular weight is 352 g/mol. The first kappa shape index (κ1) is 17.5. The molecule has 0 aliphatic rings. The molecule has 0 atom stereocenters. The van der Waals surface area contributed by atoms with Crippen LogP contribution in [0.15, 0.2) is 47.4 Å². The molecule has 0 radical (unpaired) electrons. The van der Waals surface area contributed by atoms with Crippen LogP contribution in [-0.2, 0) is 14.8 Å². The molecule has 0 fully saturated rings. The number of carbonyl (C=O) groups is 1. The molecule has 2 rings (SSSR count). The number of halogens is 1. The molecule has 2 aromatic rings. The van der Waals surface area contributed by atoms with Crippen LogP contribution >= 0.6 is 11.6 Å². The Morgan fingerprint density at radius 3 is 2.09 bits per heavy atom. The molecule has 0 saturated heterocycles. The minimum Gasteiger partial charge on any atom is -0.279 e. The minimum atomic E-state index is -3.87. The highest BCUT2D eigenvalue weighted by Gasteiger charge is 2.27. The number of anilines is 1. The van der Waals surface area contributed by atoms with Crippen LogP contribution in [0.4, 0.5) is 5.69 Å². The highest BCUT2D eigenvalue weighted by atomic mass is 35.5. The van der Waals surface area contributed by atoms with Gasteiger partial charge in [-0.2, -0.15) is 0 Å². The lowest BCUT2D eigenvalue weighted by atomic mass is 10.1. The molecule has 0 amide bonds. The van der Waals surface area contributed by atoms with Crippen molar-refractivity contribution in [1.29, 1.82) is 0 Å². The van der Waals surface area contributed by atoms with E-state index in [2.05, 4.69) is 0 Å². The molecular formula is C17H18ClNO3S. The number of carbonyl (C=O) groups excluding carboxylic acids is 1. The Labute approximate surface area is 141 Å². The molecule has 0 spiro atoms. The van der Waals surface area contributed by atoms with Crippen molar-refractivity contribution in [3.05, 3.63) is 59.2 Å². The maximum atomic E-state index is 12.9. The number of sulfonamides is 1. The summed E-state index contributed by atoms with van der Waals surface area (Å²) in [6.45, 7) is 5.18. The van der Waals surface area contributed by atoms with Gasteiger partial charge in [-0.1, -0.05) is 35.4 Å². The minimum absolute atomic E-state index is 0.126. The zero-order chi connectivity index (χ0) is 17.2. The van der Waals surface area contributed by atoms with Gasteiger partial charge >= 0.3 is 0 Å². The summed E-state index contributed by atoms with van der Waals surface area (Å²) in [5, 5.41) is -0.735. The molecule has 0 aliphatic carbocycles. The van der Waals surface area contributed by atoms with Crippen molar-refractivity contribution < 1.29 is 13.2 Å². The molecule has 0 heterocycles. The quantitative estimate of drug-likeness (QED) is 0.774. The summed E-state index contributed by atoms with van der Waals surface area (Å²) < 4.78 is 26.9. The summed E-state index contributed by atoms with van der Waals surface area (Å²) in [6, 6.07) is 11.9. The first-order chi connectivity index (χ1) is 10.7. The summed E-state index contributed by atoms with van der Waals surface area (Å²) in [5.41, 5.74) is 3.18. The van der Waals surface area contributed by atoms with Gasteiger partial charge in [0.25, 0.3) is 10.0 Å². The van der Waals surface area contributed by atoms with Crippen LogP contribution in [0.1, 0.15) is 16.7 Å². The van der Waals surface area contributed by atoms with Gasteiger partial charge in [-0.15, -0.1) is 0 Å². The Morgan fingerprint density at radius 1 is 1.00 bits per heavy atom. The highest BCUT2D eigenvalue weighted by molar-refractivity contribution is 7.92. The standard InChI is InChI=1S/C17H18ClNO3S/c1-12-4-7-15(8-5-12)23(21,22)19(11-17(18)20)16-9-6-13(2)10-14(16)3/h4-10H,11H2,1-3H3. The van der Waals surface area contributed by atoms with Crippen molar-refractivity contribution in [2.24, 2.45) is 0 Å². The van der Waals surface area contributed by atoms with E-state index >= 15 is 0 Å². The van der Waals surface area contributed by atoms with Crippen molar-refractivity contribution in [2.75, 3.05) is 10.8 Å². The third kappa shape index (κ3) is 3.92. The van der Waals surface area contributed by atoms with E-state index in [-0.39, 0.29) is 4.90 Å². The largest absolute Gasteiger partial charge is 0.279 e. The summed E-state index contributed by atoms with van der Waals surface area (Å²) >= 11 is 5.48. The predicted molar refractivity (Wildman–Crippen MR) is 92.5 cm³/mol. The summed E-state index contributed by atoms with van der Waals surface area (Å²) in [7, 11) is -3.87. The average Bonchev–Trinajstić information content (AvgIpc) is 2.45. The van der Waals surface area contributed by atoms with Gasteiger partial charge in [0.2, 0.25) is 5.24 Å². The van der Waals surface area contributed by atoms with E-state index < -0.39 is 21.8 Å². The second-order valence-electron chi connectivity index (χ2n) is 5.47. The van der Waals surface area contributed by atoms with E-state index in [1.54, 1.807) is 31.2 Å². The van der Waals surface area contributed by atoms with Gasteiger partial charge in [0.05, 0.1) is 10.6 Å². The second-order valence-corrected chi connectivity index (χ2v) is 7.75. The first-order valence-electron chi connectivity index (χ1n) is 7.07. The lowest BCUT2D eigenvalue weighted by molar-refractivity contribution is -0.110. The fourth-order valence-electron chi connectivity index (χ4n) is 2.34. The fraction of sp³-hybridized carbons (Fsp3) is 0.235. The molecule has 2 aromatic carbocycles. The molecule has 6 heteroatoms. The highest BCUT2D eigenvalue weighted by Crippen LogP contribution is 2.27. The van der Waals surface area contributed by atoms with Crippen molar-refractivity contribution in [3.63, 3.8) is 0 Å². The van der Waals surface area contributed by atoms with Crippen molar-refractivity contribution in [2.45, 2.75) is 25.7 Å². The Balaban J connectivity index is 2.57. The van der Waals surface area contributed by atoms with Crippen LogP contribution in [0.2, 0.25) is 0 Å². The molecule has 122 valence electrons. The monoisotopic (exact) mass is 351 g/mol. The van der Waals surface area contributed by atoms with E-state index in [1.165, 1.54) is 12.1 Å². The van der Waals surface area contributed by atoms with Crippen molar-refractivity contribution >= 4 is 32.6 Å². The number of hydrogen-bond acceptors (Lipinski definition) is 3. The van der Waals surface area contributed by atoms with Crippen LogP contribution in [0.5, 0.6) is 0 Å². The molecule has 0 unspecified atom stereocenters. The maximum absolute atomic E-state index is 12.9. The number of hydrogen-bond donors (Lipinski definition) is 0. The van der Waals surface area contributed by atoms with Gasteiger partial charge in [0.1, 0.15) is 6.54 Å². The van der Waals surface area contributed by atoms with E-state index in [0.717, 1.165) is 21.0 Å². The molecule has 0 aromatic heterocycles. The number of benzene rings is 2. The topological polar surface area (TPSA) is 54.5 Å². The molecule has 4 nitrogen and oxygen atoms in total. The number of aryl methyl sites for hydroxylation is 3. The van der Waals surface area contributed by atoms with Crippen molar-refractivity contribution in [1.82, 2.24) is 0 Å². The Hall–Kier alpha value is -1.85. The normalized spacial score (nSPS) is 11.3. The molecular weight excluding hydrogens is 334 g/mol. The van der Waals surface area contributed by atoms with Crippen LogP contribution in [0.25, 0.3) is 0 Å². The van der Waals surface area contributed by atoms with Gasteiger partial charge in [-0.05, 0) is 56.1 Å². The van der Waals surface area contributed by atoms with E-state index in [4.69, 9.17) is 11.6 Å². The molecule has 0 N–H and O–H groups in total. The van der Waals surface area contributed by atoms with Crippen LogP contribution < -0.4 is 4.31 Å². The van der Waals surface area contributed by atoms with Crippen LogP contribution in [-0.4, -0.2) is 20.2 Å². The smallest absolute Gasteiger partial charge is 0.264 e. The molecule has 0 saturated carbocycles. The van der Waals surface area contributed by atoms with E-state index in [0.29, 0.717) is 5.69 Å². The summed E-state index contributed by atoms with van der Waals surface area (Å²) in [6.07, 6.45) is 0. The Kier molecular flexibility index (Phi) is 5.12. The number of rotatable bonds is 5. The third-order valence-electron chi connectivity index (χ3n) is 3.50. The molecule has 0 aliphatic heterocycles. The Morgan fingerprint density at radius 2 is 1.57 bits per heavy atom. The van der Waals surface area contributed by atoms with Crippen molar-refractivity contribution in [3.8, 4) is 0 Å². The van der Waals surface area contributed by atoms with Gasteiger partial charge in [0.15, 0.2) is 0 Å². The van der Waals surface area contributed by atoms with Gasteiger partial charge < -0.3 is 0 Å². The SMILES string of the molecule is Cc1ccc(S(=O)(=O)N(CC(=O)Cl)c2ccc(C)cc2C)cc1. The van der Waals surface area contributed by atoms with Gasteiger partial charge in [-0.3, -0.25) is 9.10 Å². The molecule has 0 bridgehead atoms. The summed E-state index contributed by atoms with van der Waals surface area (Å²) in [4.78, 5) is 11.5. The second kappa shape index (κ2) is 6.72. The zero-order valence-electron chi connectivity index (χ0n) is 13.2. The maximum Gasteiger partial charge on any atom is 0.264 e. The van der Waals surface area contributed by atoms with Crippen LogP contribution in [0, 0.1) is 20.8 Å². The van der Waals surface area contributed by atoms with E-state index in [1.807, 2.05) is 19.9 Å². The predicted octanol–water partition coefficient (Wildman–Crippen LogP) is 3.57. The molecule has 23 heavy (non-hydrogen) atoms. The third-order valence-corrected chi connectivity index (χ3v) is 5.39. The lowest BCUT2D eigenvalue weighted by Crippen LogP contribution is -2.35. The zero-order valence-corrected chi connectivity index (χ0v) is 14.8. The van der Waals surface area contributed by atoms with Crippen LogP contribution in [0.3, 0.4) is 0 Å². The van der Waals surface area contributed by atoms with Gasteiger partial charge in [-0.25, -0.2) is 8.42 Å². The summed E-state index contributed by atoms with van der Waals surface area (Å²) in [5.74, 6) is 0.